The van der Waals surface area contributed by atoms with Crippen molar-refractivity contribution < 1.29 is 14.3 Å². The Morgan fingerprint density at radius 2 is 1.89 bits per heavy atom. The number of allylic oxidation sites excluding steroid dienone is 1. The van der Waals surface area contributed by atoms with E-state index in [1.807, 2.05) is 32.0 Å². The standard InChI is InChI=1S/C23H23NO3/c1-3-26-23(25)22-16(2)27-15-20(22)19-14-24(13-17-9-5-4-6-10-17)21-12-8-7-11-18(19)21/h4-12,14,20H,3,13,15H2,1-2H3/t20-/m1/s1. The minimum atomic E-state index is -0.280. The Hall–Kier alpha value is -3.01. The first-order chi connectivity index (χ1) is 13.2. The number of hydrogen-bond donors (Lipinski definition) is 0. The number of ether oxygens (including phenoxy) is 2. The van der Waals surface area contributed by atoms with Gasteiger partial charge in [-0.25, -0.2) is 4.79 Å². The van der Waals surface area contributed by atoms with Crippen LogP contribution in [-0.4, -0.2) is 23.8 Å². The van der Waals surface area contributed by atoms with Gasteiger partial charge in [0.2, 0.25) is 0 Å². The van der Waals surface area contributed by atoms with Crippen LogP contribution >= 0.6 is 0 Å². The summed E-state index contributed by atoms with van der Waals surface area (Å²) in [5.41, 5.74) is 4.15. The lowest BCUT2D eigenvalue weighted by Crippen LogP contribution is -2.14. The van der Waals surface area contributed by atoms with Crippen molar-refractivity contribution >= 4 is 16.9 Å². The normalized spacial score (nSPS) is 16.6. The number of carbonyl (C=O) groups excluding carboxylic acids is 1. The van der Waals surface area contributed by atoms with Crippen LogP contribution in [0.3, 0.4) is 0 Å². The third-order valence-corrected chi connectivity index (χ3v) is 5.08. The molecule has 0 saturated carbocycles. The molecule has 0 radical (unpaired) electrons. The predicted octanol–water partition coefficient (Wildman–Crippen LogP) is 4.64. The van der Waals surface area contributed by atoms with Crippen LogP contribution in [0.5, 0.6) is 0 Å². The lowest BCUT2D eigenvalue weighted by atomic mass is 9.92. The Morgan fingerprint density at radius 3 is 2.67 bits per heavy atom. The van der Waals surface area contributed by atoms with Crippen LogP contribution in [0.25, 0.3) is 10.9 Å². The van der Waals surface area contributed by atoms with E-state index in [0.29, 0.717) is 24.5 Å². The SMILES string of the molecule is CCOC(=O)C1=C(C)OC[C@@H]1c1cn(Cc2ccccc2)c2ccccc12. The van der Waals surface area contributed by atoms with Crippen LogP contribution in [-0.2, 0) is 20.8 Å². The summed E-state index contributed by atoms with van der Waals surface area (Å²) in [7, 11) is 0. The number of benzene rings is 2. The molecule has 138 valence electrons. The lowest BCUT2D eigenvalue weighted by molar-refractivity contribution is -0.138. The Bertz CT molecular complexity index is 1000. The number of rotatable bonds is 5. The van der Waals surface area contributed by atoms with Gasteiger partial charge in [-0.3, -0.25) is 0 Å². The third kappa shape index (κ3) is 3.23. The van der Waals surface area contributed by atoms with Gasteiger partial charge < -0.3 is 14.0 Å². The van der Waals surface area contributed by atoms with Gasteiger partial charge in [0.15, 0.2) is 0 Å². The molecule has 1 atom stereocenters. The van der Waals surface area contributed by atoms with Crippen molar-refractivity contribution in [3.05, 3.63) is 83.3 Å². The van der Waals surface area contributed by atoms with Crippen molar-refractivity contribution in [1.82, 2.24) is 4.57 Å². The molecule has 4 nitrogen and oxygen atoms in total. The fourth-order valence-electron chi connectivity index (χ4n) is 3.82. The predicted molar refractivity (Wildman–Crippen MR) is 106 cm³/mol. The van der Waals surface area contributed by atoms with Gasteiger partial charge in [-0.2, -0.15) is 0 Å². The first-order valence-electron chi connectivity index (χ1n) is 9.31. The molecule has 1 aliphatic rings. The van der Waals surface area contributed by atoms with Crippen molar-refractivity contribution in [3.8, 4) is 0 Å². The summed E-state index contributed by atoms with van der Waals surface area (Å²) in [6.45, 7) is 5.28. The second-order valence-corrected chi connectivity index (χ2v) is 6.77. The van der Waals surface area contributed by atoms with Crippen LogP contribution < -0.4 is 0 Å². The molecule has 2 aromatic carbocycles. The van der Waals surface area contributed by atoms with E-state index in [9.17, 15) is 4.79 Å². The number of para-hydroxylation sites is 1. The zero-order valence-electron chi connectivity index (χ0n) is 15.6. The smallest absolute Gasteiger partial charge is 0.338 e. The molecule has 4 rings (SSSR count). The summed E-state index contributed by atoms with van der Waals surface area (Å²) in [6.07, 6.45) is 2.16. The van der Waals surface area contributed by atoms with Gasteiger partial charge in [0.1, 0.15) is 5.76 Å². The molecular weight excluding hydrogens is 338 g/mol. The number of hydrogen-bond acceptors (Lipinski definition) is 3. The molecule has 0 aliphatic carbocycles. The van der Waals surface area contributed by atoms with E-state index in [0.717, 1.165) is 23.0 Å². The van der Waals surface area contributed by atoms with Gasteiger partial charge >= 0.3 is 5.97 Å². The number of esters is 1. The number of carbonyl (C=O) groups is 1. The molecule has 0 saturated heterocycles. The topological polar surface area (TPSA) is 40.5 Å². The second kappa shape index (κ2) is 7.31. The average Bonchev–Trinajstić information content (AvgIpc) is 3.24. The minimum Gasteiger partial charge on any atom is -0.497 e. The molecule has 3 aromatic rings. The molecule has 0 spiro atoms. The maximum absolute atomic E-state index is 12.5. The highest BCUT2D eigenvalue weighted by Crippen LogP contribution is 2.39. The van der Waals surface area contributed by atoms with Crippen LogP contribution in [0.15, 0.2) is 72.1 Å². The summed E-state index contributed by atoms with van der Waals surface area (Å²) in [5, 5.41) is 1.15. The van der Waals surface area contributed by atoms with Gasteiger partial charge in [0.25, 0.3) is 0 Å². The third-order valence-electron chi connectivity index (χ3n) is 5.08. The van der Waals surface area contributed by atoms with Crippen molar-refractivity contribution in [1.29, 1.82) is 0 Å². The first kappa shape index (κ1) is 17.4. The molecule has 2 heterocycles. The molecule has 1 aromatic heterocycles. The van der Waals surface area contributed by atoms with Crippen molar-refractivity contribution in [2.24, 2.45) is 0 Å². The second-order valence-electron chi connectivity index (χ2n) is 6.77. The maximum Gasteiger partial charge on any atom is 0.338 e. The van der Waals surface area contributed by atoms with Crippen LogP contribution in [0.1, 0.15) is 30.9 Å². The Balaban J connectivity index is 1.77. The largest absolute Gasteiger partial charge is 0.497 e. The fraction of sp³-hybridized carbons (Fsp3) is 0.261. The molecule has 0 unspecified atom stereocenters. The summed E-state index contributed by atoms with van der Waals surface area (Å²) in [6, 6.07) is 18.7. The molecule has 0 N–H and O–H groups in total. The minimum absolute atomic E-state index is 0.106. The summed E-state index contributed by atoms with van der Waals surface area (Å²) in [5.74, 6) is 0.279. The zero-order chi connectivity index (χ0) is 18.8. The van der Waals surface area contributed by atoms with Gasteiger partial charge in [0.05, 0.1) is 24.7 Å². The number of nitrogens with zero attached hydrogens (tertiary/aromatic N) is 1. The highest BCUT2D eigenvalue weighted by Gasteiger charge is 2.34. The lowest BCUT2D eigenvalue weighted by Gasteiger charge is -2.11. The van der Waals surface area contributed by atoms with E-state index < -0.39 is 0 Å². The highest BCUT2D eigenvalue weighted by molar-refractivity contribution is 5.94. The van der Waals surface area contributed by atoms with E-state index in [1.54, 1.807) is 0 Å². The molecule has 0 fully saturated rings. The highest BCUT2D eigenvalue weighted by atomic mass is 16.5. The van der Waals surface area contributed by atoms with E-state index in [-0.39, 0.29) is 11.9 Å². The molecule has 1 aliphatic heterocycles. The zero-order valence-corrected chi connectivity index (χ0v) is 15.6. The quantitative estimate of drug-likeness (QED) is 0.622. The number of fused-ring (bicyclic) bond motifs is 1. The van der Waals surface area contributed by atoms with Crippen LogP contribution in [0.4, 0.5) is 0 Å². The van der Waals surface area contributed by atoms with Gasteiger partial charge in [-0.1, -0.05) is 48.5 Å². The Labute approximate surface area is 159 Å². The average molecular weight is 361 g/mol. The molecule has 27 heavy (non-hydrogen) atoms. The molecule has 4 heteroatoms. The Kier molecular flexibility index (Phi) is 4.71. The van der Waals surface area contributed by atoms with E-state index in [2.05, 4.69) is 47.2 Å². The number of aromatic nitrogens is 1. The molecule has 0 bridgehead atoms. The van der Waals surface area contributed by atoms with Crippen molar-refractivity contribution in [2.75, 3.05) is 13.2 Å². The molecule has 0 amide bonds. The summed E-state index contributed by atoms with van der Waals surface area (Å²) >= 11 is 0. The van der Waals surface area contributed by atoms with Gasteiger partial charge in [0, 0.05) is 23.6 Å². The van der Waals surface area contributed by atoms with Gasteiger partial charge in [-0.15, -0.1) is 0 Å². The Morgan fingerprint density at radius 1 is 1.15 bits per heavy atom. The van der Waals surface area contributed by atoms with Crippen molar-refractivity contribution in [3.63, 3.8) is 0 Å². The van der Waals surface area contributed by atoms with Crippen LogP contribution in [0.2, 0.25) is 0 Å². The van der Waals surface area contributed by atoms with E-state index >= 15 is 0 Å². The molecular formula is C23H23NO3. The van der Waals surface area contributed by atoms with Crippen LogP contribution in [0, 0.1) is 0 Å². The van der Waals surface area contributed by atoms with Crippen molar-refractivity contribution in [2.45, 2.75) is 26.3 Å². The first-order valence-corrected chi connectivity index (χ1v) is 9.31. The van der Waals surface area contributed by atoms with E-state index in [1.165, 1.54) is 5.56 Å². The maximum atomic E-state index is 12.5. The monoisotopic (exact) mass is 361 g/mol. The van der Waals surface area contributed by atoms with E-state index in [4.69, 9.17) is 9.47 Å². The summed E-state index contributed by atoms with van der Waals surface area (Å²) in [4.78, 5) is 12.5. The fourth-order valence-corrected chi connectivity index (χ4v) is 3.82. The van der Waals surface area contributed by atoms with Gasteiger partial charge in [-0.05, 0) is 31.0 Å². The summed E-state index contributed by atoms with van der Waals surface area (Å²) < 4.78 is 13.3.